The average Bonchev–Trinajstić information content (AvgIpc) is 2.65. The van der Waals surface area contributed by atoms with Gasteiger partial charge in [-0.3, -0.25) is 0 Å². The maximum Gasteiger partial charge on any atom is 0.147 e. The smallest absolute Gasteiger partial charge is 0.147 e. The minimum Gasteiger partial charge on any atom is -0.392 e. The Balaban J connectivity index is 1.99. The van der Waals surface area contributed by atoms with Crippen LogP contribution in [0.2, 0.25) is 0 Å². The summed E-state index contributed by atoms with van der Waals surface area (Å²) in [7, 11) is 1.62. The van der Waals surface area contributed by atoms with Gasteiger partial charge in [0.05, 0.1) is 17.3 Å². The Kier molecular flexibility index (Phi) is 3.09. The normalized spacial score (nSPS) is 53.1. The summed E-state index contributed by atoms with van der Waals surface area (Å²) in [5, 5.41) is 21.7. The fraction of sp³-hybridized carbons (Fsp3) is 1.00. The van der Waals surface area contributed by atoms with Gasteiger partial charge in [-0.05, 0) is 37.5 Å². The molecule has 5 atom stereocenters. The molecule has 4 nitrogen and oxygen atoms in total. The largest absolute Gasteiger partial charge is 0.392 e. The molecule has 0 aromatic carbocycles. The molecular formula is C16H28O4. The molecule has 4 heteroatoms. The molecule has 3 aliphatic carbocycles. The van der Waals surface area contributed by atoms with E-state index in [2.05, 4.69) is 20.8 Å². The maximum absolute atomic E-state index is 11.2. The summed E-state index contributed by atoms with van der Waals surface area (Å²) in [6.07, 6.45) is 3.76. The molecule has 0 aromatic rings. The molecule has 20 heavy (non-hydrogen) atoms. The van der Waals surface area contributed by atoms with E-state index < -0.39 is 11.2 Å². The lowest BCUT2D eigenvalue weighted by molar-refractivity contribution is -0.337. The molecule has 0 bridgehead atoms. The van der Waals surface area contributed by atoms with Crippen LogP contribution in [0.4, 0.5) is 0 Å². The van der Waals surface area contributed by atoms with Gasteiger partial charge in [-0.25, -0.2) is 0 Å². The van der Waals surface area contributed by atoms with Crippen LogP contribution in [0.3, 0.4) is 0 Å². The molecule has 3 fully saturated rings. The predicted octanol–water partition coefficient (Wildman–Crippen LogP) is 2.08. The molecule has 0 saturated heterocycles. The Morgan fingerprint density at radius 2 is 1.85 bits per heavy atom. The fourth-order valence-corrected chi connectivity index (χ4v) is 5.40. The number of aliphatic hydroxyl groups is 2. The minimum atomic E-state index is -0.662. The molecule has 0 heterocycles. The second-order valence-electron chi connectivity index (χ2n) is 7.98. The number of ether oxygens (including phenoxy) is 2. The van der Waals surface area contributed by atoms with Gasteiger partial charge in [-0.15, -0.1) is 0 Å². The predicted molar refractivity (Wildman–Crippen MR) is 75.1 cm³/mol. The molecule has 0 amide bonds. The van der Waals surface area contributed by atoms with Crippen molar-refractivity contribution in [2.24, 2.45) is 16.7 Å². The zero-order valence-electron chi connectivity index (χ0n) is 13.1. The zero-order chi connectivity index (χ0) is 14.8. The van der Waals surface area contributed by atoms with Gasteiger partial charge in [0.25, 0.3) is 0 Å². The fourth-order valence-electron chi connectivity index (χ4n) is 5.40. The first-order valence-corrected chi connectivity index (χ1v) is 7.77. The van der Waals surface area contributed by atoms with Gasteiger partial charge in [0.2, 0.25) is 0 Å². The first-order valence-electron chi connectivity index (χ1n) is 7.77. The van der Waals surface area contributed by atoms with Gasteiger partial charge < -0.3 is 19.7 Å². The van der Waals surface area contributed by atoms with Crippen molar-refractivity contribution in [3.05, 3.63) is 0 Å². The van der Waals surface area contributed by atoms with Crippen molar-refractivity contribution in [2.75, 3.05) is 13.9 Å². The number of hydrogen-bond acceptors (Lipinski definition) is 4. The van der Waals surface area contributed by atoms with Crippen molar-refractivity contribution in [3.8, 4) is 0 Å². The number of hydrogen-bond donors (Lipinski definition) is 2. The zero-order valence-corrected chi connectivity index (χ0v) is 13.1. The SMILES string of the molecule is COCO[C@]12CC[C@H](O)[C@@]1(C)CC[C@]1(O)[C@@H]2CC1(C)C. The van der Waals surface area contributed by atoms with Crippen LogP contribution in [-0.2, 0) is 9.47 Å². The van der Waals surface area contributed by atoms with E-state index in [0.29, 0.717) is 0 Å². The van der Waals surface area contributed by atoms with Gasteiger partial charge in [0.15, 0.2) is 0 Å². The van der Waals surface area contributed by atoms with Gasteiger partial charge in [0.1, 0.15) is 6.79 Å². The van der Waals surface area contributed by atoms with Crippen molar-refractivity contribution in [1.82, 2.24) is 0 Å². The van der Waals surface area contributed by atoms with Crippen LogP contribution >= 0.6 is 0 Å². The van der Waals surface area contributed by atoms with E-state index in [4.69, 9.17) is 9.47 Å². The van der Waals surface area contributed by atoms with Crippen LogP contribution in [0, 0.1) is 16.7 Å². The first-order chi connectivity index (χ1) is 9.23. The molecule has 3 aliphatic rings. The molecule has 0 radical (unpaired) electrons. The summed E-state index contributed by atoms with van der Waals surface area (Å²) in [5.74, 6) is 0.107. The number of methoxy groups -OCH3 is 1. The second kappa shape index (κ2) is 4.19. The lowest BCUT2D eigenvalue weighted by atomic mass is 9.39. The molecule has 0 spiro atoms. The van der Waals surface area contributed by atoms with E-state index in [1.54, 1.807) is 7.11 Å². The van der Waals surface area contributed by atoms with Crippen molar-refractivity contribution < 1.29 is 19.7 Å². The topological polar surface area (TPSA) is 58.9 Å². The molecule has 3 rings (SSSR count). The maximum atomic E-state index is 11.2. The van der Waals surface area contributed by atoms with Crippen LogP contribution in [0.1, 0.15) is 52.9 Å². The van der Waals surface area contributed by atoms with E-state index in [9.17, 15) is 10.2 Å². The summed E-state index contributed by atoms with van der Waals surface area (Å²) in [6.45, 7) is 6.64. The van der Waals surface area contributed by atoms with Crippen molar-refractivity contribution in [1.29, 1.82) is 0 Å². The van der Waals surface area contributed by atoms with E-state index in [1.807, 2.05) is 0 Å². The van der Waals surface area contributed by atoms with E-state index >= 15 is 0 Å². The Morgan fingerprint density at radius 1 is 1.15 bits per heavy atom. The Hall–Kier alpha value is -0.160. The molecule has 116 valence electrons. The molecule has 0 unspecified atom stereocenters. The van der Waals surface area contributed by atoms with Crippen molar-refractivity contribution in [3.63, 3.8) is 0 Å². The summed E-state index contributed by atoms with van der Waals surface area (Å²) < 4.78 is 11.3. The van der Waals surface area contributed by atoms with Crippen LogP contribution in [0.5, 0.6) is 0 Å². The summed E-state index contributed by atoms with van der Waals surface area (Å²) in [4.78, 5) is 0. The lowest BCUT2D eigenvalue weighted by Gasteiger charge is -2.70. The average molecular weight is 284 g/mol. The van der Waals surface area contributed by atoms with Crippen LogP contribution in [0.15, 0.2) is 0 Å². The summed E-state index contributed by atoms with van der Waals surface area (Å²) in [5.41, 5.74) is -1.43. The highest BCUT2D eigenvalue weighted by Crippen LogP contribution is 2.71. The minimum absolute atomic E-state index is 0.0596. The molecule has 0 aliphatic heterocycles. The third-order valence-corrected chi connectivity index (χ3v) is 6.98. The summed E-state index contributed by atoms with van der Waals surface area (Å²) >= 11 is 0. The standard InChI is InChI=1S/C16H28O4/c1-13(2)9-11-15(13,18)8-7-14(3)12(17)5-6-16(11,14)20-10-19-4/h11-12,17-18H,5-10H2,1-4H3/t11-,12-,14+,15-,16-/m0/s1. The monoisotopic (exact) mass is 284 g/mol. The van der Waals surface area contributed by atoms with Crippen LogP contribution in [-0.4, -0.2) is 41.4 Å². The number of rotatable bonds is 3. The lowest BCUT2D eigenvalue weighted by Crippen LogP contribution is -2.75. The Bertz CT molecular complexity index is 409. The number of fused-ring (bicyclic) bond motifs is 3. The Morgan fingerprint density at radius 3 is 2.45 bits per heavy atom. The van der Waals surface area contributed by atoms with E-state index in [1.165, 1.54) is 0 Å². The molecule has 0 aromatic heterocycles. The van der Waals surface area contributed by atoms with E-state index in [0.717, 1.165) is 32.1 Å². The highest BCUT2D eigenvalue weighted by molar-refractivity contribution is 5.25. The van der Waals surface area contributed by atoms with Crippen LogP contribution < -0.4 is 0 Å². The second-order valence-corrected chi connectivity index (χ2v) is 7.98. The van der Waals surface area contributed by atoms with Crippen molar-refractivity contribution in [2.45, 2.75) is 70.2 Å². The summed E-state index contributed by atoms with van der Waals surface area (Å²) in [6, 6.07) is 0. The van der Waals surface area contributed by atoms with Gasteiger partial charge in [-0.1, -0.05) is 20.8 Å². The number of aliphatic hydroxyl groups excluding tert-OH is 1. The highest BCUT2D eigenvalue weighted by atomic mass is 16.7. The van der Waals surface area contributed by atoms with E-state index in [-0.39, 0.29) is 29.6 Å². The molecule has 3 saturated carbocycles. The first kappa shape index (κ1) is 14.8. The molecular weight excluding hydrogens is 256 g/mol. The third kappa shape index (κ3) is 1.46. The third-order valence-electron chi connectivity index (χ3n) is 6.98. The van der Waals surface area contributed by atoms with Gasteiger partial charge in [0, 0.05) is 18.4 Å². The quantitative estimate of drug-likeness (QED) is 0.779. The highest BCUT2D eigenvalue weighted by Gasteiger charge is 2.75. The van der Waals surface area contributed by atoms with Crippen LogP contribution in [0.25, 0.3) is 0 Å². The van der Waals surface area contributed by atoms with Crippen molar-refractivity contribution >= 4 is 0 Å². The Labute approximate surface area is 121 Å². The van der Waals surface area contributed by atoms with Gasteiger partial charge >= 0.3 is 0 Å². The molecule has 2 N–H and O–H groups in total. The van der Waals surface area contributed by atoms with Gasteiger partial charge in [-0.2, -0.15) is 0 Å².